The molecule has 98 valence electrons. The number of nitrogens with two attached hydrogens (primary N) is 1. The second kappa shape index (κ2) is 5.36. The number of carbonyl (C=O) groups excluding carboxylic acids is 1. The molecule has 2 rings (SSSR count). The lowest BCUT2D eigenvalue weighted by atomic mass is 10.2. The van der Waals surface area contributed by atoms with E-state index in [0.29, 0.717) is 0 Å². The molecule has 0 atom stereocenters. The molecule has 2 N–H and O–H groups in total. The van der Waals surface area contributed by atoms with Gasteiger partial charge in [0.15, 0.2) is 0 Å². The van der Waals surface area contributed by atoms with Crippen LogP contribution in [0.25, 0.3) is 0 Å². The summed E-state index contributed by atoms with van der Waals surface area (Å²) in [5.41, 5.74) is 5.02. The molecule has 1 amide bonds. The molecular formula is C13H8BrF2NO2. The highest BCUT2D eigenvalue weighted by Gasteiger charge is 2.12. The molecule has 0 saturated carbocycles. The van der Waals surface area contributed by atoms with E-state index in [1.807, 2.05) is 0 Å². The summed E-state index contributed by atoms with van der Waals surface area (Å²) in [4.78, 5) is 11.2. The minimum atomic E-state index is -0.827. The Kier molecular flexibility index (Phi) is 3.80. The van der Waals surface area contributed by atoms with Crippen LogP contribution in [-0.4, -0.2) is 5.91 Å². The zero-order valence-electron chi connectivity index (χ0n) is 9.49. The topological polar surface area (TPSA) is 52.3 Å². The summed E-state index contributed by atoms with van der Waals surface area (Å²) in [6, 6.07) is 7.44. The standard InChI is InChI=1S/C13H8BrF2NO2/c14-10-3-2-8(6-11(10)16)19-12-4-1-7(15)5-9(12)13(17)18/h1-6H,(H2,17,18). The summed E-state index contributed by atoms with van der Waals surface area (Å²) >= 11 is 3.01. The Bertz CT molecular complexity index is 647. The smallest absolute Gasteiger partial charge is 0.252 e. The minimum Gasteiger partial charge on any atom is -0.456 e. The van der Waals surface area contributed by atoms with Gasteiger partial charge in [0.2, 0.25) is 0 Å². The van der Waals surface area contributed by atoms with Crippen molar-refractivity contribution < 1.29 is 18.3 Å². The highest BCUT2D eigenvalue weighted by Crippen LogP contribution is 2.28. The number of hydrogen-bond donors (Lipinski definition) is 1. The lowest BCUT2D eigenvalue weighted by Crippen LogP contribution is -2.12. The van der Waals surface area contributed by atoms with Crippen molar-refractivity contribution in [2.24, 2.45) is 5.73 Å². The second-order valence-electron chi connectivity index (χ2n) is 3.68. The first kappa shape index (κ1) is 13.5. The lowest BCUT2D eigenvalue weighted by Gasteiger charge is -2.09. The van der Waals surface area contributed by atoms with Crippen LogP contribution in [-0.2, 0) is 0 Å². The summed E-state index contributed by atoms with van der Waals surface area (Å²) in [6.45, 7) is 0. The molecule has 0 unspecified atom stereocenters. The van der Waals surface area contributed by atoms with Gasteiger partial charge >= 0.3 is 0 Å². The van der Waals surface area contributed by atoms with Gasteiger partial charge in [0.05, 0.1) is 10.0 Å². The molecular weight excluding hydrogens is 320 g/mol. The molecule has 0 fully saturated rings. The fourth-order valence-electron chi connectivity index (χ4n) is 1.45. The summed E-state index contributed by atoms with van der Waals surface area (Å²) in [5, 5.41) is 0. The number of rotatable bonds is 3. The Morgan fingerprint density at radius 3 is 2.53 bits per heavy atom. The first-order chi connectivity index (χ1) is 8.97. The van der Waals surface area contributed by atoms with Gasteiger partial charge in [0.25, 0.3) is 5.91 Å². The molecule has 0 saturated heterocycles. The van der Waals surface area contributed by atoms with Gasteiger partial charge < -0.3 is 10.5 Å². The second-order valence-corrected chi connectivity index (χ2v) is 4.54. The van der Waals surface area contributed by atoms with Gasteiger partial charge in [-0.15, -0.1) is 0 Å². The number of hydrogen-bond acceptors (Lipinski definition) is 2. The van der Waals surface area contributed by atoms with Crippen LogP contribution in [0.4, 0.5) is 8.78 Å². The highest BCUT2D eigenvalue weighted by atomic mass is 79.9. The number of carbonyl (C=O) groups is 1. The molecule has 6 heteroatoms. The monoisotopic (exact) mass is 327 g/mol. The summed E-state index contributed by atoms with van der Waals surface area (Å²) in [5.74, 6) is -1.71. The van der Waals surface area contributed by atoms with E-state index in [1.165, 1.54) is 18.2 Å². The van der Waals surface area contributed by atoms with E-state index >= 15 is 0 Å². The van der Waals surface area contributed by atoms with E-state index in [0.717, 1.165) is 18.2 Å². The van der Waals surface area contributed by atoms with Crippen molar-refractivity contribution in [2.75, 3.05) is 0 Å². The van der Waals surface area contributed by atoms with Crippen molar-refractivity contribution >= 4 is 21.8 Å². The number of amides is 1. The van der Waals surface area contributed by atoms with Crippen molar-refractivity contribution in [1.29, 1.82) is 0 Å². The first-order valence-corrected chi connectivity index (χ1v) is 5.99. The summed E-state index contributed by atoms with van der Waals surface area (Å²) in [6.07, 6.45) is 0. The maximum Gasteiger partial charge on any atom is 0.252 e. The normalized spacial score (nSPS) is 10.3. The Labute approximate surface area is 116 Å². The van der Waals surface area contributed by atoms with Crippen LogP contribution in [0, 0.1) is 11.6 Å². The van der Waals surface area contributed by atoms with Crippen molar-refractivity contribution in [1.82, 2.24) is 0 Å². The van der Waals surface area contributed by atoms with Crippen molar-refractivity contribution in [3.63, 3.8) is 0 Å². The Morgan fingerprint density at radius 2 is 1.89 bits per heavy atom. The molecule has 2 aromatic carbocycles. The zero-order chi connectivity index (χ0) is 14.0. The molecule has 0 heterocycles. The van der Waals surface area contributed by atoms with Crippen LogP contribution in [0.5, 0.6) is 11.5 Å². The Balaban J connectivity index is 2.37. The molecule has 2 aromatic rings. The molecule has 0 aliphatic heterocycles. The highest BCUT2D eigenvalue weighted by molar-refractivity contribution is 9.10. The van der Waals surface area contributed by atoms with Gasteiger partial charge in [-0.05, 0) is 46.3 Å². The lowest BCUT2D eigenvalue weighted by molar-refractivity contribution is 0.0997. The van der Waals surface area contributed by atoms with Crippen LogP contribution in [0.1, 0.15) is 10.4 Å². The Morgan fingerprint density at radius 1 is 1.16 bits per heavy atom. The third kappa shape index (κ3) is 3.08. The van der Waals surface area contributed by atoms with E-state index < -0.39 is 17.5 Å². The van der Waals surface area contributed by atoms with E-state index in [4.69, 9.17) is 10.5 Å². The number of halogens is 3. The maximum atomic E-state index is 13.3. The van der Waals surface area contributed by atoms with Crippen LogP contribution in [0.3, 0.4) is 0 Å². The van der Waals surface area contributed by atoms with Gasteiger partial charge in [0, 0.05) is 6.07 Å². The van der Waals surface area contributed by atoms with E-state index in [1.54, 1.807) is 0 Å². The van der Waals surface area contributed by atoms with Crippen LogP contribution < -0.4 is 10.5 Å². The molecule has 0 bridgehead atoms. The van der Waals surface area contributed by atoms with E-state index in [-0.39, 0.29) is 21.5 Å². The number of primary amides is 1. The van der Waals surface area contributed by atoms with Crippen LogP contribution in [0.15, 0.2) is 40.9 Å². The molecule has 3 nitrogen and oxygen atoms in total. The third-order valence-electron chi connectivity index (χ3n) is 2.33. The largest absolute Gasteiger partial charge is 0.456 e. The SMILES string of the molecule is NC(=O)c1cc(F)ccc1Oc1ccc(Br)c(F)c1. The summed E-state index contributed by atoms with van der Waals surface area (Å²) < 4.78 is 32.0. The van der Waals surface area contributed by atoms with Gasteiger partial charge in [-0.3, -0.25) is 4.79 Å². The Hall–Kier alpha value is -1.95. The van der Waals surface area contributed by atoms with Gasteiger partial charge in [0.1, 0.15) is 23.1 Å². The van der Waals surface area contributed by atoms with E-state index in [9.17, 15) is 13.6 Å². The van der Waals surface area contributed by atoms with Crippen LogP contribution in [0.2, 0.25) is 0 Å². The molecule has 19 heavy (non-hydrogen) atoms. The fraction of sp³-hybridized carbons (Fsp3) is 0. The fourth-order valence-corrected chi connectivity index (χ4v) is 1.70. The zero-order valence-corrected chi connectivity index (χ0v) is 11.1. The average Bonchev–Trinajstić information content (AvgIpc) is 2.36. The molecule has 0 aliphatic carbocycles. The third-order valence-corrected chi connectivity index (χ3v) is 2.97. The maximum absolute atomic E-state index is 13.3. The molecule has 0 aliphatic rings. The molecule has 0 radical (unpaired) electrons. The number of benzene rings is 2. The van der Waals surface area contributed by atoms with Crippen LogP contribution >= 0.6 is 15.9 Å². The first-order valence-electron chi connectivity index (χ1n) is 5.19. The van der Waals surface area contributed by atoms with Gasteiger partial charge in [-0.25, -0.2) is 8.78 Å². The summed E-state index contributed by atoms with van der Waals surface area (Å²) in [7, 11) is 0. The van der Waals surface area contributed by atoms with Gasteiger partial charge in [-0.2, -0.15) is 0 Å². The van der Waals surface area contributed by atoms with Crippen molar-refractivity contribution in [3.05, 3.63) is 58.1 Å². The van der Waals surface area contributed by atoms with Crippen molar-refractivity contribution in [3.8, 4) is 11.5 Å². The van der Waals surface area contributed by atoms with Crippen molar-refractivity contribution in [2.45, 2.75) is 0 Å². The quantitative estimate of drug-likeness (QED) is 0.936. The van der Waals surface area contributed by atoms with Gasteiger partial charge in [-0.1, -0.05) is 0 Å². The number of ether oxygens (including phenoxy) is 1. The average molecular weight is 328 g/mol. The molecule has 0 aromatic heterocycles. The minimum absolute atomic E-state index is 0.0654. The predicted octanol–water partition coefficient (Wildman–Crippen LogP) is 3.62. The molecule has 0 spiro atoms. The predicted molar refractivity (Wildman–Crippen MR) is 69.1 cm³/mol. The van der Waals surface area contributed by atoms with E-state index in [2.05, 4.69) is 15.9 Å².